The maximum atomic E-state index is 5.88. The van der Waals surface area contributed by atoms with Crippen molar-refractivity contribution in [2.24, 2.45) is 0 Å². The summed E-state index contributed by atoms with van der Waals surface area (Å²) in [5.41, 5.74) is 1.57. The van der Waals surface area contributed by atoms with Crippen LogP contribution in [0.1, 0.15) is 26.5 Å². The van der Waals surface area contributed by atoms with Gasteiger partial charge in [0.25, 0.3) is 0 Å². The number of para-hydroxylation sites is 1. The highest BCUT2D eigenvalue weighted by Crippen LogP contribution is 2.26. The third-order valence-corrected chi connectivity index (χ3v) is 3.02. The van der Waals surface area contributed by atoms with Crippen molar-refractivity contribution in [2.45, 2.75) is 32.3 Å². The predicted molar refractivity (Wildman–Crippen MR) is 82.5 cm³/mol. The summed E-state index contributed by atoms with van der Waals surface area (Å²) in [4.78, 5) is 4.48. The van der Waals surface area contributed by atoms with Crippen molar-refractivity contribution in [3.63, 3.8) is 0 Å². The Morgan fingerprint density at radius 2 is 1.90 bits per heavy atom. The fourth-order valence-corrected chi connectivity index (χ4v) is 2.02. The molecule has 3 nitrogen and oxygen atoms in total. The van der Waals surface area contributed by atoms with Gasteiger partial charge in [-0.25, -0.2) is 0 Å². The van der Waals surface area contributed by atoms with Gasteiger partial charge in [0.15, 0.2) is 0 Å². The number of pyridine rings is 1. The molecular formula is C16H20ClNO2. The first-order valence-electron chi connectivity index (χ1n) is 6.71. The van der Waals surface area contributed by atoms with Crippen LogP contribution in [0.25, 0.3) is 10.9 Å². The van der Waals surface area contributed by atoms with Crippen LogP contribution in [0.5, 0.6) is 5.75 Å². The normalized spacial score (nSPS) is 11.8. The maximum absolute atomic E-state index is 5.88. The lowest BCUT2D eigenvalue weighted by atomic mass is 10.2. The van der Waals surface area contributed by atoms with Crippen LogP contribution in [0, 0.1) is 0 Å². The largest absolute Gasteiger partial charge is 0.490 e. The Balaban J connectivity index is 2.12. The highest BCUT2D eigenvalue weighted by atomic mass is 35.5. The number of halogens is 1. The zero-order valence-electron chi connectivity index (χ0n) is 12.1. The molecule has 0 amide bonds. The number of hydrogen-bond donors (Lipinski definition) is 0. The van der Waals surface area contributed by atoms with E-state index < -0.39 is 0 Å². The monoisotopic (exact) mass is 293 g/mol. The molecule has 2 aromatic rings. The highest BCUT2D eigenvalue weighted by Gasteiger charge is 2.10. The van der Waals surface area contributed by atoms with Crippen LogP contribution in [0.2, 0.25) is 0 Å². The van der Waals surface area contributed by atoms with Gasteiger partial charge in [0.2, 0.25) is 0 Å². The molecule has 0 saturated carbocycles. The molecule has 2 rings (SSSR count). The van der Waals surface area contributed by atoms with Crippen molar-refractivity contribution < 1.29 is 9.47 Å². The van der Waals surface area contributed by atoms with Gasteiger partial charge in [0, 0.05) is 11.5 Å². The van der Waals surface area contributed by atoms with Gasteiger partial charge in [-0.05, 0) is 32.9 Å². The summed E-state index contributed by atoms with van der Waals surface area (Å²) in [6.07, 6.45) is 0. The zero-order chi connectivity index (χ0) is 14.6. The van der Waals surface area contributed by atoms with E-state index in [9.17, 15) is 0 Å². The Hall–Kier alpha value is -1.32. The van der Waals surface area contributed by atoms with E-state index in [4.69, 9.17) is 21.1 Å². The van der Waals surface area contributed by atoms with Crippen LogP contribution in [0.4, 0.5) is 0 Å². The highest BCUT2D eigenvalue weighted by molar-refractivity contribution is 6.17. The van der Waals surface area contributed by atoms with E-state index in [1.54, 1.807) is 0 Å². The lowest BCUT2D eigenvalue weighted by Crippen LogP contribution is -2.22. The average molecular weight is 294 g/mol. The SMILES string of the molecule is CC(C)(C)OCCOc1cc(CCl)nc2ccccc12. The Morgan fingerprint density at radius 3 is 2.60 bits per heavy atom. The molecular weight excluding hydrogens is 274 g/mol. The molecule has 0 radical (unpaired) electrons. The van der Waals surface area contributed by atoms with E-state index >= 15 is 0 Å². The van der Waals surface area contributed by atoms with Crippen molar-refractivity contribution in [2.75, 3.05) is 13.2 Å². The first-order chi connectivity index (χ1) is 9.49. The molecule has 0 aliphatic rings. The van der Waals surface area contributed by atoms with Gasteiger partial charge in [-0.3, -0.25) is 4.98 Å². The fraction of sp³-hybridized carbons (Fsp3) is 0.438. The molecule has 20 heavy (non-hydrogen) atoms. The smallest absolute Gasteiger partial charge is 0.130 e. The number of nitrogens with zero attached hydrogens (tertiary/aromatic N) is 1. The Labute approximate surface area is 124 Å². The van der Waals surface area contributed by atoms with E-state index in [1.807, 2.05) is 51.1 Å². The van der Waals surface area contributed by atoms with E-state index in [-0.39, 0.29) is 5.60 Å². The Bertz CT molecular complexity index is 578. The summed E-state index contributed by atoms with van der Waals surface area (Å²) in [5.74, 6) is 1.18. The summed E-state index contributed by atoms with van der Waals surface area (Å²) < 4.78 is 11.5. The molecule has 0 fully saturated rings. The van der Waals surface area contributed by atoms with E-state index in [2.05, 4.69) is 4.98 Å². The third kappa shape index (κ3) is 4.09. The van der Waals surface area contributed by atoms with Crippen LogP contribution in [-0.2, 0) is 10.6 Å². The minimum atomic E-state index is -0.148. The number of alkyl halides is 1. The molecule has 108 valence electrons. The quantitative estimate of drug-likeness (QED) is 0.612. The Morgan fingerprint density at radius 1 is 1.15 bits per heavy atom. The fourth-order valence-electron chi connectivity index (χ4n) is 1.88. The van der Waals surface area contributed by atoms with E-state index in [0.29, 0.717) is 19.1 Å². The lowest BCUT2D eigenvalue weighted by molar-refractivity contribution is -0.0161. The second kappa shape index (κ2) is 6.42. The van der Waals surface area contributed by atoms with Crippen LogP contribution < -0.4 is 4.74 Å². The van der Waals surface area contributed by atoms with Crippen LogP contribution in [0.3, 0.4) is 0 Å². The van der Waals surface area contributed by atoms with Gasteiger partial charge in [-0.2, -0.15) is 0 Å². The second-order valence-electron chi connectivity index (χ2n) is 5.57. The minimum Gasteiger partial charge on any atom is -0.490 e. The number of fused-ring (bicyclic) bond motifs is 1. The Kier molecular flexibility index (Phi) is 4.84. The van der Waals surface area contributed by atoms with Crippen LogP contribution in [-0.4, -0.2) is 23.8 Å². The van der Waals surface area contributed by atoms with Gasteiger partial charge in [-0.1, -0.05) is 12.1 Å². The molecule has 1 heterocycles. The summed E-state index contributed by atoms with van der Waals surface area (Å²) >= 11 is 5.88. The summed E-state index contributed by atoms with van der Waals surface area (Å²) in [7, 11) is 0. The van der Waals surface area contributed by atoms with Crippen LogP contribution >= 0.6 is 11.6 Å². The van der Waals surface area contributed by atoms with Crippen molar-refractivity contribution in [3.05, 3.63) is 36.0 Å². The molecule has 0 aliphatic carbocycles. The molecule has 0 aliphatic heterocycles. The third-order valence-electron chi connectivity index (χ3n) is 2.74. The zero-order valence-corrected chi connectivity index (χ0v) is 12.9. The van der Waals surface area contributed by atoms with Gasteiger partial charge in [-0.15, -0.1) is 11.6 Å². The maximum Gasteiger partial charge on any atom is 0.130 e. The molecule has 0 spiro atoms. The van der Waals surface area contributed by atoms with E-state index in [1.165, 1.54) is 0 Å². The van der Waals surface area contributed by atoms with Crippen molar-refractivity contribution >= 4 is 22.5 Å². The molecule has 0 N–H and O–H groups in total. The molecule has 1 aromatic heterocycles. The number of hydrogen-bond acceptors (Lipinski definition) is 3. The molecule has 0 saturated heterocycles. The molecule has 0 unspecified atom stereocenters. The van der Waals surface area contributed by atoms with Crippen molar-refractivity contribution in [3.8, 4) is 5.75 Å². The topological polar surface area (TPSA) is 31.4 Å². The molecule has 4 heteroatoms. The summed E-state index contributed by atoms with van der Waals surface area (Å²) in [6, 6.07) is 9.79. The van der Waals surface area contributed by atoms with Crippen molar-refractivity contribution in [1.82, 2.24) is 4.98 Å². The van der Waals surface area contributed by atoms with Crippen molar-refractivity contribution in [1.29, 1.82) is 0 Å². The predicted octanol–water partition coefficient (Wildman–Crippen LogP) is 4.17. The lowest BCUT2D eigenvalue weighted by Gasteiger charge is -2.19. The van der Waals surface area contributed by atoms with Gasteiger partial charge >= 0.3 is 0 Å². The van der Waals surface area contributed by atoms with Gasteiger partial charge < -0.3 is 9.47 Å². The standard InChI is InChI=1S/C16H20ClNO2/c1-16(2,3)20-9-8-19-15-10-12(11-17)18-14-7-5-4-6-13(14)15/h4-7,10H,8-9,11H2,1-3H3. The van der Waals surface area contributed by atoms with Crippen LogP contribution in [0.15, 0.2) is 30.3 Å². The number of aromatic nitrogens is 1. The minimum absolute atomic E-state index is 0.148. The van der Waals surface area contributed by atoms with E-state index in [0.717, 1.165) is 22.3 Å². The number of rotatable bonds is 5. The number of ether oxygens (including phenoxy) is 2. The van der Waals surface area contributed by atoms with Gasteiger partial charge in [0.05, 0.1) is 29.3 Å². The molecule has 0 bridgehead atoms. The summed E-state index contributed by atoms with van der Waals surface area (Å²) in [5, 5.41) is 0.997. The summed E-state index contributed by atoms with van der Waals surface area (Å²) in [6.45, 7) is 7.14. The first-order valence-corrected chi connectivity index (χ1v) is 7.24. The molecule has 0 atom stereocenters. The van der Waals surface area contributed by atoms with Gasteiger partial charge in [0.1, 0.15) is 12.4 Å². The first kappa shape index (κ1) is 15.1. The second-order valence-corrected chi connectivity index (χ2v) is 5.84. The number of benzene rings is 1. The molecule has 1 aromatic carbocycles. The average Bonchev–Trinajstić information content (AvgIpc) is 2.42.